The number of nitrogens with one attached hydrogen (secondary N) is 1. The van der Waals surface area contributed by atoms with E-state index in [4.69, 9.17) is 4.74 Å². The lowest BCUT2D eigenvalue weighted by molar-refractivity contribution is 0.0193. The van der Waals surface area contributed by atoms with E-state index in [0.29, 0.717) is 18.8 Å². The molecule has 1 aromatic heterocycles. The Hall–Kier alpha value is -0.450. The van der Waals surface area contributed by atoms with Gasteiger partial charge in [0.15, 0.2) is 0 Å². The summed E-state index contributed by atoms with van der Waals surface area (Å²) in [6.07, 6.45) is 4.57. The number of piperidine rings is 1. The van der Waals surface area contributed by atoms with Gasteiger partial charge in [-0.25, -0.2) is 4.98 Å². The zero-order valence-corrected chi connectivity index (χ0v) is 9.22. The molecule has 4 heteroatoms. The van der Waals surface area contributed by atoms with Crippen molar-refractivity contribution < 1.29 is 4.74 Å². The molecule has 1 saturated heterocycles. The van der Waals surface area contributed by atoms with Crippen LogP contribution in [-0.2, 0) is 11.3 Å². The van der Waals surface area contributed by atoms with Crippen molar-refractivity contribution in [3.05, 3.63) is 16.6 Å². The van der Waals surface area contributed by atoms with Gasteiger partial charge in [0, 0.05) is 24.2 Å². The fourth-order valence-electron chi connectivity index (χ4n) is 1.63. The summed E-state index contributed by atoms with van der Waals surface area (Å²) in [6, 6.07) is 0.648. The molecule has 2 atom stereocenters. The molecule has 14 heavy (non-hydrogen) atoms. The quantitative estimate of drug-likeness (QED) is 0.829. The van der Waals surface area contributed by atoms with Crippen LogP contribution in [0.3, 0.4) is 0 Å². The number of rotatable bonds is 3. The van der Waals surface area contributed by atoms with Gasteiger partial charge < -0.3 is 10.1 Å². The molecule has 1 fully saturated rings. The SMILES string of the molecule is CC1CCC(OCc2nccs2)CN1. The normalized spacial score (nSPS) is 27.8. The van der Waals surface area contributed by atoms with Crippen molar-refractivity contribution in [1.82, 2.24) is 10.3 Å². The van der Waals surface area contributed by atoms with E-state index in [1.807, 2.05) is 11.6 Å². The summed E-state index contributed by atoms with van der Waals surface area (Å²) in [5, 5.41) is 6.48. The smallest absolute Gasteiger partial charge is 0.118 e. The Bertz CT molecular complexity index is 255. The van der Waals surface area contributed by atoms with E-state index in [1.54, 1.807) is 11.3 Å². The van der Waals surface area contributed by atoms with Crippen LogP contribution in [0.25, 0.3) is 0 Å². The summed E-state index contributed by atoms with van der Waals surface area (Å²) >= 11 is 1.66. The molecule has 1 aliphatic heterocycles. The molecule has 78 valence electrons. The average molecular weight is 212 g/mol. The maximum absolute atomic E-state index is 5.76. The maximum Gasteiger partial charge on any atom is 0.118 e. The first-order chi connectivity index (χ1) is 6.84. The van der Waals surface area contributed by atoms with E-state index in [2.05, 4.69) is 17.2 Å². The Morgan fingerprint density at radius 2 is 2.57 bits per heavy atom. The summed E-state index contributed by atoms with van der Waals surface area (Å²) in [6.45, 7) is 3.86. The van der Waals surface area contributed by atoms with E-state index < -0.39 is 0 Å². The summed E-state index contributed by atoms with van der Waals surface area (Å²) in [5.41, 5.74) is 0. The highest BCUT2D eigenvalue weighted by Crippen LogP contribution is 2.13. The highest BCUT2D eigenvalue weighted by atomic mass is 32.1. The number of nitrogens with zero attached hydrogens (tertiary/aromatic N) is 1. The van der Waals surface area contributed by atoms with E-state index in [-0.39, 0.29) is 0 Å². The highest BCUT2D eigenvalue weighted by Gasteiger charge is 2.17. The fourth-order valence-corrected chi connectivity index (χ4v) is 2.16. The largest absolute Gasteiger partial charge is 0.370 e. The zero-order chi connectivity index (χ0) is 9.80. The highest BCUT2D eigenvalue weighted by molar-refractivity contribution is 7.09. The van der Waals surface area contributed by atoms with Crippen molar-refractivity contribution in [3.63, 3.8) is 0 Å². The minimum absolute atomic E-state index is 0.370. The van der Waals surface area contributed by atoms with Gasteiger partial charge in [0.2, 0.25) is 0 Å². The van der Waals surface area contributed by atoms with Crippen LogP contribution in [0.4, 0.5) is 0 Å². The number of aromatic nitrogens is 1. The van der Waals surface area contributed by atoms with Crippen LogP contribution < -0.4 is 5.32 Å². The third-order valence-corrected chi connectivity index (χ3v) is 3.29. The van der Waals surface area contributed by atoms with Crippen LogP contribution >= 0.6 is 11.3 Å². The van der Waals surface area contributed by atoms with Crippen molar-refractivity contribution in [2.75, 3.05) is 6.54 Å². The molecule has 2 heterocycles. The Morgan fingerprint density at radius 3 is 3.21 bits per heavy atom. The average Bonchev–Trinajstić information content (AvgIpc) is 2.70. The molecular formula is C10H16N2OS. The van der Waals surface area contributed by atoms with Gasteiger partial charge in [-0.05, 0) is 19.8 Å². The first-order valence-corrected chi connectivity index (χ1v) is 5.96. The van der Waals surface area contributed by atoms with Gasteiger partial charge in [0.05, 0.1) is 12.7 Å². The Labute approximate surface area is 88.5 Å². The second kappa shape index (κ2) is 4.87. The summed E-state index contributed by atoms with van der Waals surface area (Å²) in [4.78, 5) is 4.19. The van der Waals surface area contributed by atoms with E-state index >= 15 is 0 Å². The lowest BCUT2D eigenvalue weighted by Crippen LogP contribution is -2.40. The molecule has 0 radical (unpaired) electrons. The van der Waals surface area contributed by atoms with Gasteiger partial charge >= 0.3 is 0 Å². The summed E-state index contributed by atoms with van der Waals surface area (Å²) in [5.74, 6) is 0. The van der Waals surface area contributed by atoms with Crippen LogP contribution in [0.5, 0.6) is 0 Å². The van der Waals surface area contributed by atoms with Crippen LogP contribution in [0.1, 0.15) is 24.8 Å². The Morgan fingerprint density at radius 1 is 1.64 bits per heavy atom. The molecule has 3 nitrogen and oxygen atoms in total. The van der Waals surface area contributed by atoms with Gasteiger partial charge in [-0.3, -0.25) is 0 Å². The molecule has 1 N–H and O–H groups in total. The number of ether oxygens (including phenoxy) is 1. The van der Waals surface area contributed by atoms with Crippen molar-refractivity contribution in [3.8, 4) is 0 Å². The number of hydrogen-bond acceptors (Lipinski definition) is 4. The van der Waals surface area contributed by atoms with Gasteiger partial charge in [0.1, 0.15) is 5.01 Å². The van der Waals surface area contributed by atoms with Crippen molar-refractivity contribution >= 4 is 11.3 Å². The third kappa shape index (κ3) is 2.77. The van der Waals surface area contributed by atoms with E-state index in [0.717, 1.165) is 11.6 Å². The van der Waals surface area contributed by atoms with Crippen molar-refractivity contribution in [2.45, 2.75) is 38.5 Å². The van der Waals surface area contributed by atoms with Gasteiger partial charge in [-0.1, -0.05) is 0 Å². The monoisotopic (exact) mass is 212 g/mol. The molecule has 0 spiro atoms. The van der Waals surface area contributed by atoms with E-state index in [9.17, 15) is 0 Å². The van der Waals surface area contributed by atoms with Crippen LogP contribution in [0, 0.1) is 0 Å². The zero-order valence-electron chi connectivity index (χ0n) is 8.40. The second-order valence-corrected chi connectivity index (χ2v) is 4.72. The molecule has 0 aliphatic carbocycles. The predicted molar refractivity (Wildman–Crippen MR) is 57.4 cm³/mol. The Balaban J connectivity index is 1.71. The topological polar surface area (TPSA) is 34.1 Å². The first-order valence-electron chi connectivity index (χ1n) is 5.08. The van der Waals surface area contributed by atoms with Gasteiger partial charge in [0.25, 0.3) is 0 Å². The second-order valence-electron chi connectivity index (χ2n) is 3.75. The molecule has 1 aromatic rings. The van der Waals surface area contributed by atoms with E-state index in [1.165, 1.54) is 12.8 Å². The fraction of sp³-hybridized carbons (Fsp3) is 0.700. The minimum atomic E-state index is 0.370. The number of hydrogen-bond donors (Lipinski definition) is 1. The molecule has 0 saturated carbocycles. The van der Waals surface area contributed by atoms with Crippen LogP contribution in [0.2, 0.25) is 0 Å². The minimum Gasteiger partial charge on any atom is -0.370 e. The lowest BCUT2D eigenvalue weighted by atomic mass is 10.0. The predicted octanol–water partition coefficient (Wildman–Crippen LogP) is 1.80. The third-order valence-electron chi connectivity index (χ3n) is 2.54. The molecule has 2 rings (SSSR count). The van der Waals surface area contributed by atoms with Crippen LogP contribution in [-0.4, -0.2) is 23.7 Å². The lowest BCUT2D eigenvalue weighted by Gasteiger charge is -2.27. The standard InChI is InChI=1S/C10H16N2OS/c1-8-2-3-9(6-12-8)13-7-10-11-4-5-14-10/h4-5,8-9,12H,2-3,6-7H2,1H3. The Kier molecular flexibility index (Phi) is 3.50. The molecule has 2 unspecified atom stereocenters. The molecule has 0 bridgehead atoms. The van der Waals surface area contributed by atoms with Crippen molar-refractivity contribution in [1.29, 1.82) is 0 Å². The summed E-state index contributed by atoms with van der Waals surface area (Å²) < 4.78 is 5.76. The van der Waals surface area contributed by atoms with Crippen LogP contribution in [0.15, 0.2) is 11.6 Å². The first kappa shape index (κ1) is 10.1. The molecule has 0 aromatic carbocycles. The van der Waals surface area contributed by atoms with Crippen molar-refractivity contribution in [2.24, 2.45) is 0 Å². The molecular weight excluding hydrogens is 196 g/mol. The summed E-state index contributed by atoms with van der Waals surface area (Å²) in [7, 11) is 0. The molecule has 0 amide bonds. The van der Waals surface area contributed by atoms with Gasteiger partial charge in [-0.2, -0.15) is 0 Å². The maximum atomic E-state index is 5.76. The van der Waals surface area contributed by atoms with Gasteiger partial charge in [-0.15, -0.1) is 11.3 Å². The number of thiazole rings is 1. The molecule has 1 aliphatic rings.